The predicted octanol–water partition coefficient (Wildman–Crippen LogP) is 3.75. The summed E-state index contributed by atoms with van der Waals surface area (Å²) in [5, 5.41) is 3.28. The Bertz CT molecular complexity index is 767. The molecular formula is C17H19N3OS. The van der Waals surface area contributed by atoms with Gasteiger partial charge in [-0.15, -0.1) is 11.3 Å². The molecule has 5 heteroatoms. The summed E-state index contributed by atoms with van der Waals surface area (Å²) >= 11 is 1.66. The summed E-state index contributed by atoms with van der Waals surface area (Å²) in [5.41, 5.74) is 3.66. The van der Waals surface area contributed by atoms with Crippen molar-refractivity contribution in [3.8, 4) is 11.1 Å². The fourth-order valence-electron chi connectivity index (χ4n) is 2.43. The standard InChI is InChI=1S/C17H19N3OS/c1-12-4-6-13(7-5-12)14-10-22-17-15(14)16(18-11-19-17)20(2)8-9-21-3/h4-7,10-11H,8-9H2,1-3H3. The van der Waals surface area contributed by atoms with Crippen LogP contribution in [0.2, 0.25) is 0 Å². The first-order valence-corrected chi connectivity index (χ1v) is 8.08. The molecule has 0 saturated carbocycles. The molecule has 0 fully saturated rings. The number of anilines is 1. The van der Waals surface area contributed by atoms with Gasteiger partial charge in [0.2, 0.25) is 0 Å². The van der Waals surface area contributed by atoms with Gasteiger partial charge in [0.05, 0.1) is 12.0 Å². The van der Waals surface area contributed by atoms with Crippen LogP contribution in [0.15, 0.2) is 36.0 Å². The molecule has 4 nitrogen and oxygen atoms in total. The third kappa shape index (κ3) is 2.82. The Kier molecular flexibility index (Phi) is 4.36. The van der Waals surface area contributed by atoms with E-state index in [1.165, 1.54) is 16.7 Å². The van der Waals surface area contributed by atoms with E-state index in [0.29, 0.717) is 6.61 Å². The summed E-state index contributed by atoms with van der Waals surface area (Å²) in [4.78, 5) is 12.1. The van der Waals surface area contributed by atoms with Crippen molar-refractivity contribution in [3.05, 3.63) is 41.5 Å². The fraction of sp³-hybridized carbons (Fsp3) is 0.294. The predicted molar refractivity (Wildman–Crippen MR) is 92.7 cm³/mol. The van der Waals surface area contributed by atoms with Crippen molar-refractivity contribution in [2.24, 2.45) is 0 Å². The smallest absolute Gasteiger partial charge is 0.141 e. The summed E-state index contributed by atoms with van der Waals surface area (Å²) < 4.78 is 5.17. The highest BCUT2D eigenvalue weighted by Crippen LogP contribution is 2.37. The molecule has 1 aromatic carbocycles. The number of hydrogen-bond acceptors (Lipinski definition) is 5. The topological polar surface area (TPSA) is 38.2 Å². The number of likely N-dealkylation sites (N-methyl/N-ethyl adjacent to an activating group) is 1. The van der Waals surface area contributed by atoms with E-state index in [-0.39, 0.29) is 0 Å². The summed E-state index contributed by atoms with van der Waals surface area (Å²) in [5.74, 6) is 0.957. The lowest BCUT2D eigenvalue weighted by Crippen LogP contribution is -2.23. The van der Waals surface area contributed by atoms with Crippen LogP contribution in [0.5, 0.6) is 0 Å². The number of aryl methyl sites for hydroxylation is 1. The van der Waals surface area contributed by atoms with Crippen LogP contribution in [-0.2, 0) is 4.74 Å². The van der Waals surface area contributed by atoms with E-state index in [4.69, 9.17) is 4.74 Å². The highest BCUT2D eigenvalue weighted by Gasteiger charge is 2.15. The maximum Gasteiger partial charge on any atom is 0.141 e. The van der Waals surface area contributed by atoms with Crippen LogP contribution in [0, 0.1) is 6.92 Å². The molecule has 0 aliphatic heterocycles. The van der Waals surface area contributed by atoms with E-state index < -0.39 is 0 Å². The summed E-state index contributed by atoms with van der Waals surface area (Å²) in [6.45, 7) is 3.57. The minimum absolute atomic E-state index is 0.673. The molecule has 0 unspecified atom stereocenters. The molecule has 0 amide bonds. The van der Waals surface area contributed by atoms with E-state index >= 15 is 0 Å². The maximum atomic E-state index is 5.17. The molecule has 0 aliphatic carbocycles. The van der Waals surface area contributed by atoms with Crippen LogP contribution < -0.4 is 4.90 Å². The molecular weight excluding hydrogens is 294 g/mol. The average Bonchev–Trinajstić information content (AvgIpc) is 2.97. The monoisotopic (exact) mass is 313 g/mol. The van der Waals surface area contributed by atoms with E-state index in [1.54, 1.807) is 24.8 Å². The largest absolute Gasteiger partial charge is 0.383 e. The molecule has 3 aromatic rings. The van der Waals surface area contributed by atoms with Crippen molar-refractivity contribution >= 4 is 27.4 Å². The van der Waals surface area contributed by atoms with Gasteiger partial charge in [0.15, 0.2) is 0 Å². The van der Waals surface area contributed by atoms with Gasteiger partial charge in [0.1, 0.15) is 17.0 Å². The molecule has 114 valence electrons. The Morgan fingerprint density at radius 1 is 1.18 bits per heavy atom. The van der Waals surface area contributed by atoms with E-state index in [0.717, 1.165) is 22.6 Å². The first kappa shape index (κ1) is 14.9. The highest BCUT2D eigenvalue weighted by atomic mass is 32.1. The second-order valence-electron chi connectivity index (χ2n) is 5.31. The van der Waals surface area contributed by atoms with Crippen LogP contribution in [0.3, 0.4) is 0 Å². The van der Waals surface area contributed by atoms with Crippen LogP contribution in [0.25, 0.3) is 21.3 Å². The zero-order valence-corrected chi connectivity index (χ0v) is 13.9. The Hall–Kier alpha value is -1.98. The Balaban J connectivity index is 2.10. The third-order valence-electron chi connectivity index (χ3n) is 3.71. The molecule has 0 atom stereocenters. The zero-order valence-electron chi connectivity index (χ0n) is 13.0. The van der Waals surface area contributed by atoms with Crippen molar-refractivity contribution < 1.29 is 4.74 Å². The number of thiophene rings is 1. The molecule has 3 rings (SSSR count). The van der Waals surface area contributed by atoms with Gasteiger partial charge in [-0.3, -0.25) is 0 Å². The SMILES string of the molecule is COCCN(C)c1ncnc2scc(-c3ccc(C)cc3)c12. The number of rotatable bonds is 5. The molecule has 0 aliphatic rings. The van der Waals surface area contributed by atoms with Gasteiger partial charge in [-0.05, 0) is 12.5 Å². The summed E-state index contributed by atoms with van der Waals surface area (Å²) in [7, 11) is 3.75. The van der Waals surface area contributed by atoms with E-state index in [9.17, 15) is 0 Å². The van der Waals surface area contributed by atoms with Gasteiger partial charge in [-0.25, -0.2) is 9.97 Å². The van der Waals surface area contributed by atoms with Gasteiger partial charge in [0, 0.05) is 31.6 Å². The molecule has 0 spiro atoms. The molecule has 0 N–H and O–H groups in total. The Labute approximate surface area is 134 Å². The van der Waals surface area contributed by atoms with Gasteiger partial charge in [0.25, 0.3) is 0 Å². The van der Waals surface area contributed by atoms with Gasteiger partial charge < -0.3 is 9.64 Å². The first-order valence-electron chi connectivity index (χ1n) is 7.20. The molecule has 0 bridgehead atoms. The number of benzene rings is 1. The molecule has 0 radical (unpaired) electrons. The van der Waals surface area contributed by atoms with Crippen molar-refractivity contribution in [2.45, 2.75) is 6.92 Å². The van der Waals surface area contributed by atoms with Gasteiger partial charge >= 0.3 is 0 Å². The zero-order chi connectivity index (χ0) is 15.5. The number of nitrogens with zero attached hydrogens (tertiary/aromatic N) is 3. The second kappa shape index (κ2) is 6.42. The maximum absolute atomic E-state index is 5.17. The van der Waals surface area contributed by atoms with E-state index in [2.05, 4.69) is 51.4 Å². The molecule has 2 aromatic heterocycles. The van der Waals surface area contributed by atoms with Gasteiger partial charge in [-0.1, -0.05) is 29.8 Å². The first-order chi connectivity index (χ1) is 10.7. The minimum atomic E-state index is 0.673. The Morgan fingerprint density at radius 2 is 1.95 bits per heavy atom. The summed E-state index contributed by atoms with van der Waals surface area (Å²) in [6, 6.07) is 8.58. The van der Waals surface area contributed by atoms with Crippen LogP contribution >= 0.6 is 11.3 Å². The summed E-state index contributed by atoms with van der Waals surface area (Å²) in [6.07, 6.45) is 1.64. The number of fused-ring (bicyclic) bond motifs is 1. The average molecular weight is 313 g/mol. The van der Waals surface area contributed by atoms with Crippen molar-refractivity contribution in [1.29, 1.82) is 0 Å². The quantitative estimate of drug-likeness (QED) is 0.719. The second-order valence-corrected chi connectivity index (χ2v) is 6.17. The van der Waals surface area contributed by atoms with Crippen molar-refractivity contribution in [3.63, 3.8) is 0 Å². The van der Waals surface area contributed by atoms with Gasteiger partial charge in [-0.2, -0.15) is 0 Å². The Morgan fingerprint density at radius 3 is 2.68 bits per heavy atom. The lowest BCUT2D eigenvalue weighted by Gasteiger charge is -2.18. The lowest BCUT2D eigenvalue weighted by atomic mass is 10.0. The molecule has 22 heavy (non-hydrogen) atoms. The lowest BCUT2D eigenvalue weighted by molar-refractivity contribution is 0.206. The third-order valence-corrected chi connectivity index (χ3v) is 4.59. The van der Waals surface area contributed by atoms with Crippen molar-refractivity contribution in [2.75, 3.05) is 32.2 Å². The van der Waals surface area contributed by atoms with Crippen LogP contribution in [0.4, 0.5) is 5.82 Å². The fourth-order valence-corrected chi connectivity index (χ4v) is 3.34. The number of hydrogen-bond donors (Lipinski definition) is 0. The number of ether oxygens (including phenoxy) is 1. The number of aromatic nitrogens is 2. The molecule has 2 heterocycles. The van der Waals surface area contributed by atoms with E-state index in [1.807, 2.05) is 7.05 Å². The molecule has 0 saturated heterocycles. The highest BCUT2D eigenvalue weighted by molar-refractivity contribution is 7.17. The van der Waals surface area contributed by atoms with Crippen molar-refractivity contribution in [1.82, 2.24) is 9.97 Å². The minimum Gasteiger partial charge on any atom is -0.383 e. The number of methoxy groups -OCH3 is 1. The normalized spacial score (nSPS) is 11.0. The van der Waals surface area contributed by atoms with Crippen LogP contribution in [-0.4, -0.2) is 37.3 Å². The van der Waals surface area contributed by atoms with Crippen LogP contribution in [0.1, 0.15) is 5.56 Å².